The number of hydrogen-bond donors (Lipinski definition) is 1. The molecule has 0 aliphatic heterocycles. The second-order valence-electron chi connectivity index (χ2n) is 10.2. The monoisotopic (exact) mass is 318 g/mol. The number of Topliss-reactive ketones (excluding diaryl/α,β-unsaturated/α-hetero) is 1. The Kier molecular flexibility index (Phi) is 3.39. The SMILES string of the molecule is C[C@@H]1C[C@@]2(C)C(CC[C@@H]3[C@@H]2CC[C@@]2(C)[C@H]3CC[C@@]2(C)O)CC1=O. The first-order valence-electron chi connectivity index (χ1n) is 9.94. The van der Waals surface area contributed by atoms with Crippen LogP contribution in [0.5, 0.6) is 0 Å². The highest BCUT2D eigenvalue weighted by Gasteiger charge is 2.63. The van der Waals surface area contributed by atoms with E-state index in [4.69, 9.17) is 0 Å². The Morgan fingerprint density at radius 1 is 1.00 bits per heavy atom. The van der Waals surface area contributed by atoms with Crippen LogP contribution in [0.2, 0.25) is 0 Å². The minimum atomic E-state index is -0.476. The molecule has 0 spiro atoms. The maximum Gasteiger partial charge on any atom is 0.136 e. The molecule has 0 heterocycles. The Morgan fingerprint density at radius 2 is 1.70 bits per heavy atom. The van der Waals surface area contributed by atoms with E-state index in [9.17, 15) is 9.90 Å². The predicted molar refractivity (Wildman–Crippen MR) is 91.9 cm³/mol. The van der Waals surface area contributed by atoms with E-state index < -0.39 is 5.60 Å². The van der Waals surface area contributed by atoms with Crippen molar-refractivity contribution in [2.45, 2.75) is 84.7 Å². The van der Waals surface area contributed by atoms with Gasteiger partial charge in [0.05, 0.1) is 5.60 Å². The third-order valence-corrected chi connectivity index (χ3v) is 9.37. The van der Waals surface area contributed by atoms with Crippen molar-refractivity contribution in [3.63, 3.8) is 0 Å². The van der Waals surface area contributed by atoms with Crippen molar-refractivity contribution < 1.29 is 9.90 Å². The molecule has 0 saturated heterocycles. The van der Waals surface area contributed by atoms with E-state index in [1.165, 1.54) is 32.1 Å². The lowest BCUT2D eigenvalue weighted by Crippen LogP contribution is -2.56. The Hall–Kier alpha value is -0.370. The van der Waals surface area contributed by atoms with Crippen molar-refractivity contribution >= 4 is 5.78 Å². The van der Waals surface area contributed by atoms with Gasteiger partial charge in [-0.3, -0.25) is 4.79 Å². The van der Waals surface area contributed by atoms with Gasteiger partial charge in [0.1, 0.15) is 5.78 Å². The molecule has 0 bridgehead atoms. The first kappa shape index (κ1) is 16.1. The van der Waals surface area contributed by atoms with Crippen LogP contribution in [0.1, 0.15) is 79.1 Å². The van der Waals surface area contributed by atoms with Gasteiger partial charge < -0.3 is 5.11 Å². The summed E-state index contributed by atoms with van der Waals surface area (Å²) in [5.74, 6) is 3.65. The Balaban J connectivity index is 1.66. The van der Waals surface area contributed by atoms with E-state index in [2.05, 4.69) is 27.7 Å². The number of hydrogen-bond acceptors (Lipinski definition) is 2. The molecule has 130 valence electrons. The average Bonchev–Trinajstić information content (AvgIpc) is 2.71. The Labute approximate surface area is 141 Å². The molecule has 0 aromatic heterocycles. The highest BCUT2D eigenvalue weighted by Crippen LogP contribution is 2.68. The number of carbonyl (C=O) groups is 1. The molecule has 0 radical (unpaired) electrons. The van der Waals surface area contributed by atoms with Crippen molar-refractivity contribution in [1.82, 2.24) is 0 Å². The number of ketones is 1. The van der Waals surface area contributed by atoms with Gasteiger partial charge in [-0.05, 0) is 86.4 Å². The van der Waals surface area contributed by atoms with Crippen LogP contribution in [0, 0.1) is 40.4 Å². The van der Waals surface area contributed by atoms with Gasteiger partial charge in [-0.25, -0.2) is 0 Å². The Morgan fingerprint density at radius 3 is 2.43 bits per heavy atom. The molecule has 0 amide bonds. The molecule has 4 aliphatic rings. The Bertz CT molecular complexity index is 524. The minimum absolute atomic E-state index is 0.119. The van der Waals surface area contributed by atoms with Gasteiger partial charge in [0.15, 0.2) is 0 Å². The zero-order valence-corrected chi connectivity index (χ0v) is 15.4. The lowest BCUT2D eigenvalue weighted by molar-refractivity contribution is -0.158. The molecule has 23 heavy (non-hydrogen) atoms. The minimum Gasteiger partial charge on any atom is -0.390 e. The lowest BCUT2D eigenvalue weighted by Gasteiger charge is -2.61. The summed E-state index contributed by atoms with van der Waals surface area (Å²) in [7, 11) is 0. The first-order valence-corrected chi connectivity index (χ1v) is 9.94. The summed E-state index contributed by atoms with van der Waals surface area (Å²) in [6, 6.07) is 0. The lowest BCUT2D eigenvalue weighted by atomic mass is 9.44. The van der Waals surface area contributed by atoms with E-state index in [1.54, 1.807) is 0 Å². The summed E-state index contributed by atoms with van der Waals surface area (Å²) >= 11 is 0. The van der Waals surface area contributed by atoms with Crippen molar-refractivity contribution in [2.75, 3.05) is 0 Å². The van der Waals surface area contributed by atoms with Crippen LogP contribution >= 0.6 is 0 Å². The molecule has 4 saturated carbocycles. The van der Waals surface area contributed by atoms with Gasteiger partial charge in [0.25, 0.3) is 0 Å². The second kappa shape index (κ2) is 4.84. The van der Waals surface area contributed by atoms with Gasteiger partial charge in [-0.15, -0.1) is 0 Å². The fraction of sp³-hybridized carbons (Fsp3) is 0.952. The number of fused-ring (bicyclic) bond motifs is 5. The molecular formula is C21H34O2. The molecule has 1 unspecified atom stereocenters. The summed E-state index contributed by atoms with van der Waals surface area (Å²) in [6.07, 6.45) is 9.11. The summed E-state index contributed by atoms with van der Waals surface area (Å²) in [6.45, 7) is 9.11. The quantitative estimate of drug-likeness (QED) is 0.709. The number of carbonyl (C=O) groups excluding carboxylic acids is 1. The largest absolute Gasteiger partial charge is 0.390 e. The fourth-order valence-electron chi connectivity index (χ4n) is 7.65. The molecule has 0 aromatic rings. The predicted octanol–water partition coefficient (Wildman–Crippen LogP) is 4.60. The van der Waals surface area contributed by atoms with Crippen molar-refractivity contribution in [3.05, 3.63) is 0 Å². The van der Waals surface area contributed by atoms with E-state index >= 15 is 0 Å². The van der Waals surface area contributed by atoms with Crippen LogP contribution in [0.3, 0.4) is 0 Å². The standard InChI is InChI=1S/C21H34O2/c1-13-12-19(2)14(11-18(13)22)5-6-15-16(19)7-9-20(3)17(15)8-10-21(20,4)23/h13-17,23H,5-12H2,1-4H3/t13-,14?,15-,16+,17+,19+,20+,21-/m1/s1. The molecule has 4 rings (SSSR count). The molecule has 4 fully saturated rings. The topological polar surface area (TPSA) is 37.3 Å². The molecule has 2 heteroatoms. The second-order valence-corrected chi connectivity index (χ2v) is 10.2. The number of aliphatic hydroxyl groups is 1. The normalized spacial score (nSPS) is 59.2. The van der Waals surface area contributed by atoms with Crippen LogP contribution in [-0.4, -0.2) is 16.5 Å². The van der Waals surface area contributed by atoms with E-state index in [-0.39, 0.29) is 11.3 Å². The summed E-state index contributed by atoms with van der Waals surface area (Å²) < 4.78 is 0. The zero-order chi connectivity index (χ0) is 16.6. The van der Waals surface area contributed by atoms with Crippen LogP contribution in [0.25, 0.3) is 0 Å². The maximum absolute atomic E-state index is 12.2. The van der Waals surface area contributed by atoms with Crippen LogP contribution < -0.4 is 0 Å². The van der Waals surface area contributed by atoms with Crippen molar-refractivity contribution in [2.24, 2.45) is 40.4 Å². The van der Waals surface area contributed by atoms with Gasteiger partial charge in [-0.1, -0.05) is 20.8 Å². The highest BCUT2D eigenvalue weighted by atomic mass is 16.3. The smallest absolute Gasteiger partial charge is 0.136 e. The molecule has 2 nitrogen and oxygen atoms in total. The van der Waals surface area contributed by atoms with Crippen molar-refractivity contribution in [3.8, 4) is 0 Å². The van der Waals surface area contributed by atoms with Crippen LogP contribution in [-0.2, 0) is 4.79 Å². The van der Waals surface area contributed by atoms with Crippen LogP contribution in [0.15, 0.2) is 0 Å². The first-order chi connectivity index (χ1) is 10.7. The van der Waals surface area contributed by atoms with Crippen molar-refractivity contribution in [1.29, 1.82) is 0 Å². The molecule has 0 aromatic carbocycles. The zero-order valence-electron chi connectivity index (χ0n) is 15.4. The molecule has 1 N–H and O–H groups in total. The number of rotatable bonds is 0. The third kappa shape index (κ3) is 2.00. The van der Waals surface area contributed by atoms with Gasteiger partial charge in [-0.2, -0.15) is 0 Å². The summed E-state index contributed by atoms with van der Waals surface area (Å²) in [4.78, 5) is 12.2. The fourth-order valence-corrected chi connectivity index (χ4v) is 7.65. The van der Waals surface area contributed by atoms with Gasteiger partial charge in [0, 0.05) is 12.3 Å². The maximum atomic E-state index is 12.2. The molecule has 8 atom stereocenters. The van der Waals surface area contributed by atoms with E-state index in [0.29, 0.717) is 23.0 Å². The average molecular weight is 319 g/mol. The molecule has 4 aliphatic carbocycles. The van der Waals surface area contributed by atoms with E-state index in [0.717, 1.165) is 31.1 Å². The molecular weight excluding hydrogens is 284 g/mol. The van der Waals surface area contributed by atoms with Gasteiger partial charge in [0.2, 0.25) is 0 Å². The van der Waals surface area contributed by atoms with Crippen LogP contribution in [0.4, 0.5) is 0 Å². The third-order valence-electron chi connectivity index (χ3n) is 9.37. The summed E-state index contributed by atoms with van der Waals surface area (Å²) in [5.41, 5.74) is 0.00962. The van der Waals surface area contributed by atoms with Gasteiger partial charge >= 0.3 is 0 Å². The summed E-state index contributed by atoms with van der Waals surface area (Å²) in [5, 5.41) is 11.0. The van der Waals surface area contributed by atoms with E-state index in [1.807, 2.05) is 0 Å². The highest BCUT2D eigenvalue weighted by molar-refractivity contribution is 5.82.